The van der Waals surface area contributed by atoms with Gasteiger partial charge in [-0.3, -0.25) is 4.79 Å². The molecule has 0 amide bonds. The molecule has 24 heavy (non-hydrogen) atoms. The minimum Gasteiger partial charge on any atom is -0.481 e. The lowest BCUT2D eigenvalue weighted by Crippen LogP contribution is -2.33. The molecular formula is C18H26F3NO2. The molecule has 6 heteroatoms. The fraction of sp³-hybridized carbons (Fsp3) is 0.611. The van der Waals surface area contributed by atoms with Crippen molar-refractivity contribution in [2.75, 3.05) is 0 Å². The molecule has 0 fully saturated rings. The maximum absolute atomic E-state index is 12.5. The summed E-state index contributed by atoms with van der Waals surface area (Å²) in [7, 11) is 0. The SMILES string of the molecule is CCC(CC(C)CCc1ccc(C(F)(F)F)cc1)C(N)CC(=O)O. The second kappa shape index (κ2) is 9.06. The van der Waals surface area contributed by atoms with Crippen molar-refractivity contribution in [3.8, 4) is 0 Å². The van der Waals surface area contributed by atoms with Crippen LogP contribution in [0.1, 0.15) is 50.7 Å². The van der Waals surface area contributed by atoms with Crippen molar-refractivity contribution in [1.29, 1.82) is 0 Å². The second-order valence-electron chi connectivity index (χ2n) is 6.50. The third-order valence-corrected chi connectivity index (χ3v) is 4.45. The third-order valence-electron chi connectivity index (χ3n) is 4.45. The highest BCUT2D eigenvalue weighted by molar-refractivity contribution is 5.67. The predicted molar refractivity (Wildman–Crippen MR) is 87.6 cm³/mol. The first kappa shape index (κ1) is 20.5. The van der Waals surface area contributed by atoms with Gasteiger partial charge in [-0.15, -0.1) is 0 Å². The van der Waals surface area contributed by atoms with Gasteiger partial charge in [0, 0.05) is 6.04 Å². The number of aryl methyl sites for hydroxylation is 1. The third kappa shape index (κ3) is 6.91. The van der Waals surface area contributed by atoms with E-state index in [1.807, 2.05) is 6.92 Å². The minimum absolute atomic E-state index is 0.0376. The van der Waals surface area contributed by atoms with E-state index in [0.29, 0.717) is 12.3 Å². The molecular weight excluding hydrogens is 319 g/mol. The minimum atomic E-state index is -4.31. The Hall–Kier alpha value is -1.56. The van der Waals surface area contributed by atoms with Gasteiger partial charge in [-0.05, 0) is 48.8 Å². The van der Waals surface area contributed by atoms with Gasteiger partial charge in [0.2, 0.25) is 0 Å². The van der Waals surface area contributed by atoms with Crippen LogP contribution in [-0.2, 0) is 17.4 Å². The maximum Gasteiger partial charge on any atom is 0.416 e. The van der Waals surface area contributed by atoms with Gasteiger partial charge in [-0.2, -0.15) is 13.2 Å². The van der Waals surface area contributed by atoms with Crippen LogP contribution >= 0.6 is 0 Å². The van der Waals surface area contributed by atoms with Crippen molar-refractivity contribution in [2.24, 2.45) is 17.6 Å². The highest BCUT2D eigenvalue weighted by Gasteiger charge is 2.29. The molecule has 0 aliphatic carbocycles. The summed E-state index contributed by atoms with van der Waals surface area (Å²) in [5.41, 5.74) is 6.19. The standard InChI is InChI=1S/C18H26F3NO2/c1-3-14(16(22)11-17(23)24)10-12(2)4-5-13-6-8-15(9-7-13)18(19,20)21/h6-9,12,14,16H,3-5,10-11,22H2,1-2H3,(H,23,24). The number of alkyl halides is 3. The molecule has 0 bridgehead atoms. The molecule has 0 aromatic heterocycles. The van der Waals surface area contributed by atoms with Gasteiger partial charge in [0.25, 0.3) is 0 Å². The topological polar surface area (TPSA) is 63.3 Å². The number of benzene rings is 1. The van der Waals surface area contributed by atoms with Crippen LogP contribution in [0.15, 0.2) is 24.3 Å². The normalized spacial score (nSPS) is 15.8. The number of carboxylic acid groups (broad SMARTS) is 1. The summed E-state index contributed by atoms with van der Waals surface area (Å²) < 4.78 is 37.6. The zero-order valence-corrected chi connectivity index (χ0v) is 14.1. The lowest BCUT2D eigenvalue weighted by atomic mass is 9.84. The highest BCUT2D eigenvalue weighted by Crippen LogP contribution is 2.29. The first-order chi connectivity index (χ1) is 11.1. The molecule has 3 nitrogen and oxygen atoms in total. The quantitative estimate of drug-likeness (QED) is 0.693. The average molecular weight is 345 g/mol. The Kier molecular flexibility index (Phi) is 7.73. The summed E-state index contributed by atoms with van der Waals surface area (Å²) in [5, 5.41) is 8.83. The molecule has 0 radical (unpaired) electrons. The fourth-order valence-electron chi connectivity index (χ4n) is 2.92. The number of halogens is 3. The van der Waals surface area contributed by atoms with E-state index in [1.54, 1.807) is 0 Å². The van der Waals surface area contributed by atoms with Crippen molar-refractivity contribution in [1.82, 2.24) is 0 Å². The molecule has 0 aliphatic rings. The van der Waals surface area contributed by atoms with Gasteiger partial charge in [0.15, 0.2) is 0 Å². The van der Waals surface area contributed by atoms with E-state index in [4.69, 9.17) is 10.8 Å². The van der Waals surface area contributed by atoms with Gasteiger partial charge in [-0.1, -0.05) is 32.4 Å². The number of hydrogen-bond acceptors (Lipinski definition) is 2. The number of aliphatic carboxylic acids is 1. The number of carbonyl (C=O) groups is 1. The van der Waals surface area contributed by atoms with Crippen LogP contribution in [0.3, 0.4) is 0 Å². The monoisotopic (exact) mass is 345 g/mol. The van der Waals surface area contributed by atoms with Crippen LogP contribution in [0.4, 0.5) is 13.2 Å². The Morgan fingerprint density at radius 3 is 2.29 bits per heavy atom. The number of nitrogens with two attached hydrogens (primary N) is 1. The van der Waals surface area contributed by atoms with Crippen LogP contribution in [0, 0.1) is 11.8 Å². The zero-order valence-electron chi connectivity index (χ0n) is 14.1. The molecule has 3 N–H and O–H groups in total. The summed E-state index contributed by atoms with van der Waals surface area (Å²) in [5.74, 6) is -0.417. The summed E-state index contributed by atoms with van der Waals surface area (Å²) in [4.78, 5) is 10.8. The molecule has 0 heterocycles. The van der Waals surface area contributed by atoms with E-state index in [1.165, 1.54) is 12.1 Å². The van der Waals surface area contributed by atoms with Crippen LogP contribution in [0.5, 0.6) is 0 Å². The van der Waals surface area contributed by atoms with Crippen molar-refractivity contribution < 1.29 is 23.1 Å². The first-order valence-corrected chi connectivity index (χ1v) is 8.27. The van der Waals surface area contributed by atoms with Gasteiger partial charge >= 0.3 is 12.1 Å². The molecule has 1 rings (SSSR count). The van der Waals surface area contributed by atoms with Gasteiger partial charge in [-0.25, -0.2) is 0 Å². The number of rotatable bonds is 9. The molecule has 1 aromatic rings. The molecule has 0 spiro atoms. The number of carboxylic acids is 1. The van der Waals surface area contributed by atoms with Crippen molar-refractivity contribution in [2.45, 2.75) is 58.2 Å². The molecule has 0 saturated carbocycles. The molecule has 0 aliphatic heterocycles. The van der Waals surface area contributed by atoms with E-state index in [-0.39, 0.29) is 18.4 Å². The zero-order chi connectivity index (χ0) is 18.3. The first-order valence-electron chi connectivity index (χ1n) is 8.27. The highest BCUT2D eigenvalue weighted by atomic mass is 19.4. The van der Waals surface area contributed by atoms with Crippen LogP contribution in [0.25, 0.3) is 0 Å². The summed E-state index contributed by atoms with van der Waals surface area (Å²) in [6.07, 6.45) is -1.17. The van der Waals surface area contributed by atoms with Gasteiger partial charge in [0.1, 0.15) is 0 Å². The summed E-state index contributed by atoms with van der Waals surface area (Å²) in [6, 6.07) is 4.89. The lowest BCUT2D eigenvalue weighted by molar-refractivity contribution is -0.138. The molecule has 3 unspecified atom stereocenters. The maximum atomic E-state index is 12.5. The fourth-order valence-corrected chi connectivity index (χ4v) is 2.92. The van der Waals surface area contributed by atoms with Gasteiger partial charge in [0.05, 0.1) is 12.0 Å². The van der Waals surface area contributed by atoms with Crippen LogP contribution in [-0.4, -0.2) is 17.1 Å². The van der Waals surface area contributed by atoms with E-state index in [2.05, 4.69) is 6.92 Å². The number of hydrogen-bond donors (Lipinski definition) is 2. The summed E-state index contributed by atoms with van der Waals surface area (Å²) in [6.45, 7) is 4.06. The Morgan fingerprint density at radius 2 is 1.83 bits per heavy atom. The van der Waals surface area contributed by atoms with E-state index >= 15 is 0 Å². The van der Waals surface area contributed by atoms with Crippen LogP contribution in [0.2, 0.25) is 0 Å². The van der Waals surface area contributed by atoms with E-state index < -0.39 is 17.7 Å². The van der Waals surface area contributed by atoms with E-state index in [0.717, 1.165) is 37.0 Å². The van der Waals surface area contributed by atoms with E-state index in [9.17, 15) is 18.0 Å². The molecule has 0 saturated heterocycles. The largest absolute Gasteiger partial charge is 0.481 e. The van der Waals surface area contributed by atoms with Crippen molar-refractivity contribution in [3.63, 3.8) is 0 Å². The Morgan fingerprint density at radius 1 is 1.25 bits per heavy atom. The molecule has 3 atom stereocenters. The lowest BCUT2D eigenvalue weighted by Gasteiger charge is -2.24. The Balaban J connectivity index is 2.50. The molecule has 136 valence electrons. The smallest absolute Gasteiger partial charge is 0.416 e. The molecule has 1 aromatic carbocycles. The average Bonchev–Trinajstić information content (AvgIpc) is 2.49. The van der Waals surface area contributed by atoms with Crippen molar-refractivity contribution in [3.05, 3.63) is 35.4 Å². The Bertz CT molecular complexity index is 514. The predicted octanol–water partition coefficient (Wildman–Crippen LogP) is 4.49. The second-order valence-corrected chi connectivity index (χ2v) is 6.50. The van der Waals surface area contributed by atoms with Crippen LogP contribution < -0.4 is 5.73 Å². The van der Waals surface area contributed by atoms with Crippen molar-refractivity contribution >= 4 is 5.97 Å². The summed E-state index contributed by atoms with van der Waals surface area (Å²) >= 11 is 0. The Labute approximate surface area is 141 Å². The van der Waals surface area contributed by atoms with Gasteiger partial charge < -0.3 is 10.8 Å².